The monoisotopic (exact) mass is 179 g/mol. The normalized spacial score (nSPS) is 12.5. The first-order valence-corrected chi connectivity index (χ1v) is 4.31. The Balaban J connectivity index is 3.30. The van der Waals surface area contributed by atoms with Crippen LogP contribution in [0.1, 0.15) is 0 Å². The number of hydrogen-bond acceptors (Lipinski definition) is 4. The summed E-state index contributed by atoms with van der Waals surface area (Å²) in [5, 5.41) is 9.86. The molecule has 0 radical (unpaired) electrons. The predicted molar refractivity (Wildman–Crippen MR) is 46.6 cm³/mol. The summed E-state index contributed by atoms with van der Waals surface area (Å²) in [4.78, 5) is 10.1. The lowest BCUT2D eigenvalue weighted by Gasteiger charge is -2.02. The molecule has 58 valence electrons. The summed E-state index contributed by atoms with van der Waals surface area (Å²) in [6.07, 6.45) is 0. The van der Waals surface area contributed by atoms with E-state index in [-0.39, 0.29) is 0 Å². The van der Waals surface area contributed by atoms with Gasteiger partial charge in [0.05, 0.1) is 0 Å². The van der Waals surface area contributed by atoms with E-state index in [9.17, 15) is 4.79 Å². The van der Waals surface area contributed by atoms with Crippen LogP contribution in [-0.4, -0.2) is 34.0 Å². The Hall–Kier alpha value is -0.130. The maximum absolute atomic E-state index is 10.1. The maximum atomic E-state index is 10.1. The number of aliphatic carboxylic acids is 1. The van der Waals surface area contributed by atoms with Crippen molar-refractivity contribution < 1.29 is 9.90 Å². The molecule has 3 N–H and O–H groups in total. The highest BCUT2D eigenvalue weighted by Crippen LogP contribution is 1.99. The van der Waals surface area contributed by atoms with Crippen molar-refractivity contribution in [1.82, 2.24) is 0 Å². The van der Waals surface area contributed by atoms with Gasteiger partial charge in [-0.05, 0) is 5.37 Å². The fourth-order valence-electron chi connectivity index (χ4n) is 0.314. The van der Waals surface area contributed by atoms with Gasteiger partial charge in [0.25, 0.3) is 0 Å². The molecule has 3 nitrogen and oxygen atoms in total. The van der Waals surface area contributed by atoms with Crippen molar-refractivity contribution in [2.24, 2.45) is 5.73 Å². The summed E-state index contributed by atoms with van der Waals surface area (Å²) in [6, 6.07) is -0.764. The Morgan fingerprint density at radius 1 is 1.90 bits per heavy atom. The third-order valence-corrected chi connectivity index (χ3v) is 2.18. The molecule has 0 fully saturated rings. The number of carboxylic acids is 1. The van der Waals surface area contributed by atoms with Crippen molar-refractivity contribution >= 4 is 35.3 Å². The molecule has 5 heteroatoms. The van der Waals surface area contributed by atoms with E-state index in [1.54, 1.807) is 5.37 Å². The van der Waals surface area contributed by atoms with Gasteiger partial charge in [0, 0.05) is 11.5 Å². The Morgan fingerprint density at radius 3 is 2.90 bits per heavy atom. The molecule has 0 bridgehead atoms. The van der Waals surface area contributed by atoms with Gasteiger partial charge in [-0.1, -0.05) is 12.2 Å². The van der Waals surface area contributed by atoms with Crippen LogP contribution in [0.4, 0.5) is 0 Å². The van der Waals surface area contributed by atoms with Gasteiger partial charge in [-0.2, -0.15) is 11.8 Å². The highest BCUT2D eigenvalue weighted by atomic mass is 32.2. The second-order valence-electron chi connectivity index (χ2n) is 1.65. The summed E-state index contributed by atoms with van der Waals surface area (Å²) >= 11 is 5.96. The van der Waals surface area contributed by atoms with Crippen LogP contribution in [0.2, 0.25) is 0 Å². The zero-order valence-corrected chi connectivity index (χ0v) is 6.95. The lowest BCUT2D eigenvalue weighted by Crippen LogP contribution is -2.32. The van der Waals surface area contributed by atoms with Gasteiger partial charge in [0.1, 0.15) is 6.04 Å². The van der Waals surface area contributed by atoms with Crippen LogP contribution in [0.5, 0.6) is 0 Å². The Labute approximate surface area is 69.0 Å². The average molecular weight is 179 g/mol. The van der Waals surface area contributed by atoms with Crippen molar-refractivity contribution in [2.75, 3.05) is 11.5 Å². The number of thioether (sulfide) groups is 1. The van der Waals surface area contributed by atoms with Gasteiger partial charge in [-0.25, -0.2) is 0 Å². The quantitative estimate of drug-likeness (QED) is 0.464. The molecule has 0 amide bonds. The van der Waals surface area contributed by atoms with Crippen LogP contribution in [-0.2, 0) is 4.79 Å². The van der Waals surface area contributed by atoms with Gasteiger partial charge in [-0.15, -0.1) is 0 Å². The van der Waals surface area contributed by atoms with E-state index < -0.39 is 12.0 Å². The molecule has 0 spiro atoms. The number of nitrogens with two attached hydrogens (primary N) is 1. The Morgan fingerprint density at radius 2 is 2.50 bits per heavy atom. The second kappa shape index (κ2) is 5.64. The summed E-state index contributed by atoms with van der Waals surface area (Å²) in [5.74, 6) is 0.135. The minimum Gasteiger partial charge on any atom is -0.480 e. The summed E-state index contributed by atoms with van der Waals surface area (Å²) < 4.78 is 0. The van der Waals surface area contributed by atoms with Crippen LogP contribution in [0.3, 0.4) is 0 Å². The van der Waals surface area contributed by atoms with E-state index in [4.69, 9.17) is 10.8 Å². The summed E-state index contributed by atoms with van der Waals surface area (Å²) in [7, 11) is 0. The lowest BCUT2D eigenvalue weighted by atomic mass is 10.4. The van der Waals surface area contributed by atoms with Gasteiger partial charge < -0.3 is 10.8 Å². The average Bonchev–Trinajstić information content (AvgIpc) is 1.88. The standard InChI is InChI=1S/C5H9NO2S2/c6-4(5(7)8)3-10-2-1-9/h1,4H,2-3,6H2,(H,7,8). The zero-order valence-electron chi connectivity index (χ0n) is 5.32. The fraction of sp³-hybridized carbons (Fsp3) is 0.600. The van der Waals surface area contributed by atoms with Crippen molar-refractivity contribution in [3.8, 4) is 0 Å². The van der Waals surface area contributed by atoms with E-state index in [0.29, 0.717) is 11.5 Å². The third-order valence-electron chi connectivity index (χ3n) is 0.800. The van der Waals surface area contributed by atoms with Crippen LogP contribution in [0, 0.1) is 0 Å². The third kappa shape index (κ3) is 4.72. The largest absolute Gasteiger partial charge is 0.480 e. The van der Waals surface area contributed by atoms with Gasteiger partial charge >= 0.3 is 5.97 Å². The zero-order chi connectivity index (χ0) is 7.98. The summed E-state index contributed by atoms with van der Waals surface area (Å²) in [5.41, 5.74) is 5.19. The molecule has 1 unspecified atom stereocenters. The molecular formula is C5H9NO2S2. The van der Waals surface area contributed by atoms with Gasteiger partial charge in [0.2, 0.25) is 0 Å². The molecule has 0 aromatic heterocycles. The molecule has 0 heterocycles. The first-order valence-electron chi connectivity index (χ1n) is 2.68. The van der Waals surface area contributed by atoms with Crippen LogP contribution in [0.15, 0.2) is 0 Å². The molecule has 0 saturated carbocycles. The SMILES string of the molecule is NC(CSCC=S)C(=O)O. The smallest absolute Gasteiger partial charge is 0.321 e. The first-order chi connectivity index (χ1) is 4.68. The Bertz CT molecular complexity index is 129. The van der Waals surface area contributed by atoms with Crippen molar-refractivity contribution in [3.05, 3.63) is 0 Å². The van der Waals surface area contributed by atoms with Gasteiger partial charge in [-0.3, -0.25) is 4.79 Å². The highest BCUT2D eigenvalue weighted by molar-refractivity contribution is 8.00. The van der Waals surface area contributed by atoms with E-state index in [1.165, 1.54) is 11.8 Å². The van der Waals surface area contributed by atoms with Crippen LogP contribution < -0.4 is 5.73 Å². The topological polar surface area (TPSA) is 63.3 Å². The van der Waals surface area contributed by atoms with Crippen molar-refractivity contribution in [1.29, 1.82) is 0 Å². The molecule has 0 aliphatic heterocycles. The van der Waals surface area contributed by atoms with Gasteiger partial charge in [0.15, 0.2) is 0 Å². The first kappa shape index (κ1) is 9.87. The fourth-order valence-corrected chi connectivity index (χ4v) is 1.23. The lowest BCUT2D eigenvalue weighted by molar-refractivity contribution is -0.137. The molecule has 10 heavy (non-hydrogen) atoms. The Kier molecular flexibility index (Phi) is 5.57. The molecule has 1 atom stereocenters. The van der Waals surface area contributed by atoms with Crippen molar-refractivity contribution in [2.45, 2.75) is 6.04 Å². The molecule has 0 aromatic carbocycles. The minimum atomic E-state index is -0.961. The predicted octanol–water partition coefficient (Wildman–Crippen LogP) is 0.131. The van der Waals surface area contributed by atoms with E-state index >= 15 is 0 Å². The minimum absolute atomic E-state index is 0.419. The summed E-state index contributed by atoms with van der Waals surface area (Å²) in [6.45, 7) is 0. The number of hydrogen-bond donors (Lipinski definition) is 2. The van der Waals surface area contributed by atoms with Crippen LogP contribution >= 0.6 is 24.0 Å². The molecule has 0 aliphatic rings. The molecule has 0 aliphatic carbocycles. The molecule has 0 rings (SSSR count). The van der Waals surface area contributed by atoms with E-state index in [0.717, 1.165) is 0 Å². The van der Waals surface area contributed by atoms with Crippen LogP contribution in [0.25, 0.3) is 0 Å². The molecule has 0 saturated heterocycles. The van der Waals surface area contributed by atoms with E-state index in [2.05, 4.69) is 12.2 Å². The van der Waals surface area contributed by atoms with Crippen molar-refractivity contribution in [3.63, 3.8) is 0 Å². The molecular weight excluding hydrogens is 170 g/mol. The number of carbonyl (C=O) groups is 1. The highest BCUT2D eigenvalue weighted by Gasteiger charge is 2.09. The number of carboxylic acid groups (broad SMARTS) is 1. The maximum Gasteiger partial charge on any atom is 0.321 e. The number of rotatable bonds is 5. The van der Waals surface area contributed by atoms with E-state index in [1.807, 2.05) is 0 Å². The second-order valence-corrected chi connectivity index (χ2v) is 3.06. The molecule has 0 aromatic rings. The number of thiocarbonyl (C=S) groups is 1.